The highest BCUT2D eigenvalue weighted by atomic mass is 16.5. The van der Waals surface area contributed by atoms with Crippen LogP contribution in [0.2, 0.25) is 0 Å². The van der Waals surface area contributed by atoms with Crippen molar-refractivity contribution in [3.8, 4) is 5.75 Å². The number of methoxy groups -OCH3 is 2. The van der Waals surface area contributed by atoms with Crippen molar-refractivity contribution in [1.29, 1.82) is 0 Å². The van der Waals surface area contributed by atoms with Crippen molar-refractivity contribution in [2.75, 3.05) is 20.8 Å². The normalized spacial score (nSPS) is 11.9. The lowest BCUT2D eigenvalue weighted by Crippen LogP contribution is -2.43. The van der Waals surface area contributed by atoms with Crippen molar-refractivity contribution < 1.29 is 24.2 Å². The van der Waals surface area contributed by atoms with E-state index >= 15 is 0 Å². The van der Waals surface area contributed by atoms with E-state index in [1.807, 2.05) is 18.2 Å². The number of rotatable bonds is 6. The van der Waals surface area contributed by atoms with Gasteiger partial charge in [-0.15, -0.1) is 0 Å². The first-order chi connectivity index (χ1) is 10.6. The number of amides is 1. The van der Waals surface area contributed by atoms with E-state index < -0.39 is 17.9 Å². The first-order valence-electron chi connectivity index (χ1n) is 6.66. The Morgan fingerprint density at radius 1 is 1.14 bits per heavy atom. The first kappa shape index (κ1) is 15.8. The van der Waals surface area contributed by atoms with Gasteiger partial charge in [-0.2, -0.15) is 0 Å². The molecule has 1 atom stereocenters. The van der Waals surface area contributed by atoms with Gasteiger partial charge in [0.1, 0.15) is 5.75 Å². The Balaban J connectivity index is 2.38. The van der Waals surface area contributed by atoms with Crippen molar-refractivity contribution >= 4 is 22.6 Å². The van der Waals surface area contributed by atoms with Crippen LogP contribution in [-0.4, -0.2) is 43.9 Å². The largest absolute Gasteiger partial charge is 0.496 e. The van der Waals surface area contributed by atoms with Gasteiger partial charge in [-0.3, -0.25) is 4.79 Å². The Labute approximate surface area is 127 Å². The zero-order chi connectivity index (χ0) is 16.1. The molecule has 0 spiro atoms. The number of carbonyl (C=O) groups is 2. The third-order valence-electron chi connectivity index (χ3n) is 3.29. The second kappa shape index (κ2) is 6.91. The predicted octanol–water partition coefficient (Wildman–Crippen LogP) is 1.68. The maximum atomic E-state index is 12.4. The number of fused-ring (bicyclic) bond motifs is 1. The zero-order valence-corrected chi connectivity index (χ0v) is 12.3. The predicted molar refractivity (Wildman–Crippen MR) is 81.3 cm³/mol. The summed E-state index contributed by atoms with van der Waals surface area (Å²) in [7, 11) is 2.94. The second-order valence-corrected chi connectivity index (χ2v) is 4.68. The van der Waals surface area contributed by atoms with Crippen molar-refractivity contribution in [3.63, 3.8) is 0 Å². The number of hydrogen-bond donors (Lipinski definition) is 2. The monoisotopic (exact) mass is 303 g/mol. The number of benzene rings is 2. The number of aliphatic carboxylic acids is 1. The fraction of sp³-hybridized carbons (Fsp3) is 0.250. The third-order valence-corrected chi connectivity index (χ3v) is 3.29. The Kier molecular flexibility index (Phi) is 4.95. The molecule has 0 aliphatic carbocycles. The maximum absolute atomic E-state index is 12.4. The molecule has 1 amide bonds. The van der Waals surface area contributed by atoms with Gasteiger partial charge in [-0.1, -0.05) is 24.3 Å². The molecule has 0 aliphatic rings. The summed E-state index contributed by atoms with van der Waals surface area (Å²) in [5, 5.41) is 13.0. The lowest BCUT2D eigenvalue weighted by molar-refractivity contribution is -0.140. The van der Waals surface area contributed by atoms with E-state index in [9.17, 15) is 9.59 Å². The number of nitrogens with one attached hydrogen (secondary N) is 1. The first-order valence-corrected chi connectivity index (χ1v) is 6.66. The van der Waals surface area contributed by atoms with Crippen molar-refractivity contribution in [2.24, 2.45) is 0 Å². The summed E-state index contributed by atoms with van der Waals surface area (Å²) < 4.78 is 10.1. The fourth-order valence-electron chi connectivity index (χ4n) is 2.22. The van der Waals surface area contributed by atoms with E-state index in [0.717, 1.165) is 5.39 Å². The fourth-order valence-corrected chi connectivity index (χ4v) is 2.22. The van der Waals surface area contributed by atoms with Crippen molar-refractivity contribution in [2.45, 2.75) is 6.04 Å². The Hall–Kier alpha value is -2.60. The Bertz CT molecular complexity index is 698. The average Bonchev–Trinajstić information content (AvgIpc) is 2.53. The molecule has 6 heteroatoms. The standard InChI is InChI=1S/C16H17NO5/c1-21-9-13(16(19)20)17-15(18)12-7-8-14(22-2)11-6-4-3-5-10(11)12/h3-8,13H,9H2,1-2H3,(H,17,18)(H,19,20). The lowest BCUT2D eigenvalue weighted by Gasteiger charge is -2.15. The molecule has 0 fully saturated rings. The summed E-state index contributed by atoms with van der Waals surface area (Å²) in [5.74, 6) is -0.963. The van der Waals surface area contributed by atoms with Crippen LogP contribution >= 0.6 is 0 Å². The molecule has 1 unspecified atom stereocenters. The smallest absolute Gasteiger partial charge is 0.328 e. The van der Waals surface area contributed by atoms with Gasteiger partial charge >= 0.3 is 5.97 Å². The number of carboxylic acid groups (broad SMARTS) is 1. The van der Waals surface area contributed by atoms with Gasteiger partial charge in [-0.25, -0.2) is 4.79 Å². The number of ether oxygens (including phenoxy) is 2. The second-order valence-electron chi connectivity index (χ2n) is 4.68. The van der Waals surface area contributed by atoms with E-state index in [4.69, 9.17) is 14.6 Å². The summed E-state index contributed by atoms with van der Waals surface area (Å²) in [6.45, 7) is -0.102. The van der Waals surface area contributed by atoms with Crippen LogP contribution in [-0.2, 0) is 9.53 Å². The molecule has 2 N–H and O–H groups in total. The maximum Gasteiger partial charge on any atom is 0.328 e. The summed E-state index contributed by atoms with van der Waals surface area (Å²) in [6, 6.07) is 9.48. The van der Waals surface area contributed by atoms with Crippen molar-refractivity contribution in [1.82, 2.24) is 5.32 Å². The van der Waals surface area contributed by atoms with E-state index in [1.54, 1.807) is 25.3 Å². The van der Waals surface area contributed by atoms with Crippen LogP contribution in [0.5, 0.6) is 5.75 Å². The summed E-state index contributed by atoms with van der Waals surface area (Å²) in [4.78, 5) is 23.5. The molecule has 2 rings (SSSR count). The van der Waals surface area contributed by atoms with Gasteiger partial charge in [0, 0.05) is 18.1 Å². The highest BCUT2D eigenvalue weighted by Gasteiger charge is 2.21. The molecule has 0 saturated carbocycles. The minimum absolute atomic E-state index is 0.102. The van der Waals surface area contributed by atoms with Crippen LogP contribution in [0, 0.1) is 0 Å². The SMILES string of the molecule is COCC(NC(=O)c1ccc(OC)c2ccccc12)C(=O)O. The van der Waals surface area contributed by atoms with E-state index in [2.05, 4.69) is 5.32 Å². The van der Waals surface area contributed by atoms with Crippen LogP contribution in [0.25, 0.3) is 10.8 Å². The van der Waals surface area contributed by atoms with Gasteiger partial charge < -0.3 is 19.9 Å². The molecule has 0 bridgehead atoms. The van der Waals surface area contributed by atoms with Gasteiger partial charge in [0.15, 0.2) is 6.04 Å². The molecular formula is C16H17NO5. The van der Waals surface area contributed by atoms with Crippen molar-refractivity contribution in [3.05, 3.63) is 42.0 Å². The van der Waals surface area contributed by atoms with Gasteiger partial charge in [0.2, 0.25) is 0 Å². The van der Waals surface area contributed by atoms with Crippen LogP contribution in [0.15, 0.2) is 36.4 Å². The highest BCUT2D eigenvalue weighted by Crippen LogP contribution is 2.28. The molecule has 0 aliphatic heterocycles. The minimum atomic E-state index is -1.15. The molecular weight excluding hydrogens is 286 g/mol. The van der Waals surface area contributed by atoms with E-state index in [1.165, 1.54) is 7.11 Å². The number of carbonyl (C=O) groups excluding carboxylic acids is 1. The van der Waals surface area contributed by atoms with Crippen LogP contribution in [0.4, 0.5) is 0 Å². The van der Waals surface area contributed by atoms with Crippen LogP contribution in [0.3, 0.4) is 0 Å². The number of carboxylic acids is 1. The van der Waals surface area contributed by atoms with E-state index in [-0.39, 0.29) is 6.61 Å². The summed E-state index contributed by atoms with van der Waals surface area (Å²) >= 11 is 0. The van der Waals surface area contributed by atoms with E-state index in [0.29, 0.717) is 16.7 Å². The molecule has 0 aromatic heterocycles. The Morgan fingerprint density at radius 2 is 1.82 bits per heavy atom. The lowest BCUT2D eigenvalue weighted by atomic mass is 10.0. The van der Waals surface area contributed by atoms with Crippen LogP contribution < -0.4 is 10.1 Å². The highest BCUT2D eigenvalue weighted by molar-refractivity contribution is 6.09. The van der Waals surface area contributed by atoms with Gasteiger partial charge in [0.25, 0.3) is 5.91 Å². The van der Waals surface area contributed by atoms with Gasteiger partial charge in [-0.05, 0) is 17.5 Å². The topological polar surface area (TPSA) is 84.9 Å². The molecule has 2 aromatic rings. The molecule has 0 radical (unpaired) electrons. The molecule has 116 valence electrons. The van der Waals surface area contributed by atoms with Crippen LogP contribution in [0.1, 0.15) is 10.4 Å². The molecule has 22 heavy (non-hydrogen) atoms. The van der Waals surface area contributed by atoms with Gasteiger partial charge in [0.05, 0.1) is 13.7 Å². The summed E-state index contributed by atoms with van der Waals surface area (Å²) in [6.07, 6.45) is 0. The summed E-state index contributed by atoms with van der Waals surface area (Å²) in [5.41, 5.74) is 0.388. The average molecular weight is 303 g/mol. The molecule has 0 heterocycles. The third kappa shape index (κ3) is 3.17. The Morgan fingerprint density at radius 3 is 2.41 bits per heavy atom. The minimum Gasteiger partial charge on any atom is -0.496 e. The molecule has 2 aromatic carbocycles. The molecule has 0 saturated heterocycles. The zero-order valence-electron chi connectivity index (χ0n) is 12.3. The molecule has 6 nitrogen and oxygen atoms in total. The quantitative estimate of drug-likeness (QED) is 0.848. The number of hydrogen-bond acceptors (Lipinski definition) is 4.